The molecule has 2 heterocycles. The summed E-state index contributed by atoms with van der Waals surface area (Å²) in [7, 11) is -3.93. The molecule has 0 aliphatic carbocycles. The van der Waals surface area contributed by atoms with Gasteiger partial charge in [0.15, 0.2) is 0 Å². The molecule has 0 fully saturated rings. The van der Waals surface area contributed by atoms with Gasteiger partial charge in [-0.05, 0) is 30.3 Å². The fourth-order valence-electron chi connectivity index (χ4n) is 3.16. The highest BCUT2D eigenvalue weighted by Crippen LogP contribution is 2.36. The first-order valence-electron chi connectivity index (χ1n) is 8.47. The van der Waals surface area contributed by atoms with Crippen molar-refractivity contribution in [3.8, 4) is 16.9 Å². The minimum absolute atomic E-state index is 0.0674. The van der Waals surface area contributed by atoms with Crippen molar-refractivity contribution < 1.29 is 21.6 Å². The number of nitrogens with zero attached hydrogens (tertiary/aromatic N) is 2. The third-order valence-corrected chi connectivity index (χ3v) is 5.43. The molecule has 0 aliphatic heterocycles. The van der Waals surface area contributed by atoms with E-state index in [1.54, 1.807) is 0 Å². The van der Waals surface area contributed by atoms with Crippen LogP contribution in [0.15, 0.2) is 70.5 Å². The monoisotopic (exact) mass is 434 g/mol. The molecule has 4 aromatic rings. The second-order valence-electron chi connectivity index (χ2n) is 6.41. The lowest BCUT2D eigenvalue weighted by Crippen LogP contribution is -2.12. The molecule has 7 nitrogen and oxygen atoms in total. The van der Waals surface area contributed by atoms with E-state index in [0.29, 0.717) is 5.56 Å². The van der Waals surface area contributed by atoms with Crippen molar-refractivity contribution in [2.45, 2.75) is 11.1 Å². The average molecular weight is 434 g/mol. The predicted octanol–water partition coefficient (Wildman–Crippen LogP) is 3.05. The first kappa shape index (κ1) is 19.9. The van der Waals surface area contributed by atoms with E-state index < -0.39 is 27.3 Å². The third-order valence-electron chi connectivity index (χ3n) is 4.50. The van der Waals surface area contributed by atoms with E-state index in [4.69, 9.17) is 5.14 Å². The Morgan fingerprint density at radius 2 is 1.67 bits per heavy atom. The van der Waals surface area contributed by atoms with E-state index in [1.165, 1.54) is 54.7 Å². The van der Waals surface area contributed by atoms with Gasteiger partial charge in [0.1, 0.15) is 5.69 Å². The number of pyridine rings is 1. The van der Waals surface area contributed by atoms with E-state index >= 15 is 0 Å². The Hall–Kier alpha value is -3.44. The number of hydrogen-bond donors (Lipinski definition) is 2. The Balaban J connectivity index is 2.01. The molecule has 3 N–H and O–H groups in total. The minimum Gasteiger partial charge on any atom is -0.328 e. The highest BCUT2D eigenvalue weighted by atomic mass is 32.2. The second-order valence-corrected chi connectivity index (χ2v) is 7.97. The quantitative estimate of drug-likeness (QED) is 0.516. The van der Waals surface area contributed by atoms with Gasteiger partial charge in [0, 0.05) is 11.8 Å². The smallest absolute Gasteiger partial charge is 0.328 e. The van der Waals surface area contributed by atoms with Crippen LogP contribution in [-0.4, -0.2) is 23.2 Å². The summed E-state index contributed by atoms with van der Waals surface area (Å²) < 4.78 is 64.5. The van der Waals surface area contributed by atoms with Crippen molar-refractivity contribution in [2.75, 3.05) is 0 Å². The van der Waals surface area contributed by atoms with E-state index in [9.17, 15) is 26.4 Å². The standard InChI is InChI=1S/C19H13F3N4O3S/c20-19(21,22)13-3-1-2-4-14(13)26-15-9-10-24-18(27)16(15)17(25-26)11-5-7-12(8-6-11)30(23,28)29/h1-10H,(H,24,27)(H2,23,28,29). The molecule has 30 heavy (non-hydrogen) atoms. The normalized spacial score (nSPS) is 12.4. The van der Waals surface area contributed by atoms with Gasteiger partial charge in [-0.3, -0.25) is 4.79 Å². The Bertz CT molecular complexity index is 1420. The van der Waals surface area contributed by atoms with Crippen LogP contribution in [-0.2, 0) is 16.2 Å². The molecule has 0 aliphatic rings. The Morgan fingerprint density at radius 1 is 1.00 bits per heavy atom. The number of nitrogens with two attached hydrogens (primary N) is 1. The van der Waals surface area contributed by atoms with Crippen LogP contribution in [0.5, 0.6) is 0 Å². The van der Waals surface area contributed by atoms with Crippen LogP contribution < -0.4 is 10.7 Å². The lowest BCUT2D eigenvalue weighted by atomic mass is 10.1. The van der Waals surface area contributed by atoms with Gasteiger partial charge in [-0.2, -0.15) is 18.3 Å². The number of rotatable bonds is 3. The fraction of sp³-hybridized carbons (Fsp3) is 0.0526. The lowest BCUT2D eigenvalue weighted by molar-refractivity contribution is -0.137. The van der Waals surface area contributed by atoms with Crippen molar-refractivity contribution in [3.05, 3.63) is 76.7 Å². The van der Waals surface area contributed by atoms with Gasteiger partial charge < -0.3 is 4.98 Å². The summed E-state index contributed by atoms with van der Waals surface area (Å²) >= 11 is 0. The Kier molecular flexibility index (Phi) is 4.51. The van der Waals surface area contributed by atoms with Crippen LogP contribution in [0.3, 0.4) is 0 Å². The summed E-state index contributed by atoms with van der Waals surface area (Å²) in [5, 5.41) is 9.43. The Labute approximate surface area is 167 Å². The zero-order chi connectivity index (χ0) is 21.7. The summed E-state index contributed by atoms with van der Waals surface area (Å²) in [5.41, 5.74) is -1.09. The molecule has 4 rings (SSSR count). The van der Waals surface area contributed by atoms with Gasteiger partial charge in [-0.15, -0.1) is 0 Å². The third kappa shape index (κ3) is 3.37. The molecule has 11 heteroatoms. The van der Waals surface area contributed by atoms with E-state index in [1.807, 2.05) is 0 Å². The molecule has 0 radical (unpaired) electrons. The van der Waals surface area contributed by atoms with Gasteiger partial charge in [0.05, 0.1) is 27.0 Å². The van der Waals surface area contributed by atoms with Crippen LogP contribution in [0.2, 0.25) is 0 Å². The first-order valence-corrected chi connectivity index (χ1v) is 10.0. The number of sulfonamides is 1. The summed E-state index contributed by atoms with van der Waals surface area (Å²) in [6, 6.07) is 11.6. The van der Waals surface area contributed by atoms with Crippen LogP contribution in [0.1, 0.15) is 5.56 Å². The minimum atomic E-state index is -4.63. The number of H-pyrrole nitrogens is 1. The highest BCUT2D eigenvalue weighted by Gasteiger charge is 2.34. The maximum atomic E-state index is 13.5. The van der Waals surface area contributed by atoms with E-state index in [0.717, 1.165) is 10.7 Å². The number of aromatic amines is 1. The molecular formula is C19H13F3N4O3S. The second kappa shape index (κ2) is 6.82. The number of para-hydroxylation sites is 1. The fourth-order valence-corrected chi connectivity index (χ4v) is 3.68. The summed E-state index contributed by atoms with van der Waals surface area (Å²) in [4.78, 5) is 14.8. The number of halogens is 3. The molecule has 0 amide bonds. The summed E-state index contributed by atoms with van der Waals surface area (Å²) in [6.07, 6.45) is -3.32. The first-order chi connectivity index (χ1) is 14.1. The van der Waals surface area contributed by atoms with Gasteiger partial charge in [0.2, 0.25) is 10.0 Å². The predicted molar refractivity (Wildman–Crippen MR) is 104 cm³/mol. The molecular weight excluding hydrogens is 421 g/mol. The van der Waals surface area contributed by atoms with Crippen LogP contribution in [0, 0.1) is 0 Å². The number of hydrogen-bond acceptors (Lipinski definition) is 4. The molecule has 0 spiro atoms. The number of alkyl halides is 3. The number of benzene rings is 2. The molecule has 154 valence electrons. The van der Waals surface area contributed by atoms with Crippen LogP contribution in [0.4, 0.5) is 13.2 Å². The van der Waals surface area contributed by atoms with E-state index in [2.05, 4.69) is 10.1 Å². The molecule has 2 aromatic carbocycles. The maximum absolute atomic E-state index is 13.5. The molecule has 0 saturated carbocycles. The summed E-state index contributed by atoms with van der Waals surface area (Å²) in [6.45, 7) is 0. The number of nitrogens with one attached hydrogen (secondary N) is 1. The number of aromatic nitrogens is 3. The molecule has 2 aromatic heterocycles. The van der Waals surface area contributed by atoms with Gasteiger partial charge >= 0.3 is 6.18 Å². The van der Waals surface area contributed by atoms with Crippen molar-refractivity contribution in [1.82, 2.24) is 14.8 Å². The molecule has 0 atom stereocenters. The topological polar surface area (TPSA) is 111 Å². The van der Waals surface area contributed by atoms with Crippen molar-refractivity contribution in [2.24, 2.45) is 5.14 Å². The van der Waals surface area contributed by atoms with Crippen molar-refractivity contribution in [3.63, 3.8) is 0 Å². The van der Waals surface area contributed by atoms with Crippen LogP contribution in [0.25, 0.3) is 27.8 Å². The highest BCUT2D eigenvalue weighted by molar-refractivity contribution is 7.89. The largest absolute Gasteiger partial charge is 0.418 e. The average Bonchev–Trinajstić information content (AvgIpc) is 3.08. The zero-order valence-corrected chi connectivity index (χ0v) is 15.8. The van der Waals surface area contributed by atoms with Crippen molar-refractivity contribution in [1.29, 1.82) is 0 Å². The van der Waals surface area contributed by atoms with Crippen LogP contribution >= 0.6 is 0 Å². The molecule has 0 saturated heterocycles. The van der Waals surface area contributed by atoms with Gasteiger partial charge in [-0.1, -0.05) is 24.3 Å². The SMILES string of the molecule is NS(=O)(=O)c1ccc(-c2nn(-c3ccccc3C(F)(F)F)c3cc[nH]c(=O)c23)cc1. The van der Waals surface area contributed by atoms with Gasteiger partial charge in [0.25, 0.3) is 5.56 Å². The lowest BCUT2D eigenvalue weighted by Gasteiger charge is -2.13. The molecule has 0 unspecified atom stereocenters. The van der Waals surface area contributed by atoms with E-state index in [-0.39, 0.29) is 27.2 Å². The number of primary sulfonamides is 1. The number of fused-ring (bicyclic) bond motifs is 1. The summed E-state index contributed by atoms with van der Waals surface area (Å²) in [5.74, 6) is 0. The maximum Gasteiger partial charge on any atom is 0.418 e. The molecule has 0 bridgehead atoms. The van der Waals surface area contributed by atoms with Crippen molar-refractivity contribution >= 4 is 20.9 Å². The zero-order valence-electron chi connectivity index (χ0n) is 15.0. The van der Waals surface area contributed by atoms with Gasteiger partial charge in [-0.25, -0.2) is 18.2 Å². The Morgan fingerprint density at radius 3 is 2.30 bits per heavy atom.